The van der Waals surface area contributed by atoms with Crippen molar-refractivity contribution in [3.05, 3.63) is 0 Å². The van der Waals surface area contributed by atoms with E-state index in [4.69, 9.17) is 0 Å². The molecule has 0 aromatic carbocycles. The lowest BCUT2D eigenvalue weighted by Crippen LogP contribution is -2.66. The minimum absolute atomic E-state index is 0.727. The van der Waals surface area contributed by atoms with Gasteiger partial charge in [-0.1, -0.05) is 0 Å². The van der Waals surface area contributed by atoms with Crippen LogP contribution >= 0.6 is 0 Å². The van der Waals surface area contributed by atoms with Crippen LogP contribution in [0.5, 0.6) is 0 Å². The van der Waals surface area contributed by atoms with E-state index in [1.165, 1.54) is 51.9 Å². The van der Waals surface area contributed by atoms with Crippen molar-refractivity contribution < 1.29 is 0 Å². The molecule has 3 heteroatoms. The van der Waals surface area contributed by atoms with Gasteiger partial charge in [-0.25, -0.2) is 0 Å². The molecule has 3 nitrogen and oxygen atoms in total. The van der Waals surface area contributed by atoms with Gasteiger partial charge in [-0.3, -0.25) is 9.80 Å². The minimum Gasteiger partial charge on any atom is -0.301 e. The predicted molar refractivity (Wildman–Crippen MR) is 85.1 cm³/mol. The molecule has 0 amide bonds. The number of rotatable bonds is 3. The monoisotopic (exact) mass is 279 g/mol. The number of piperazine rings is 1. The first-order chi connectivity index (χ1) is 9.56. The molecule has 4 aliphatic heterocycles. The molecule has 4 rings (SSSR count). The zero-order chi connectivity index (χ0) is 14.3. The Labute approximate surface area is 125 Å². The lowest BCUT2D eigenvalue weighted by molar-refractivity contribution is -0.0673. The van der Waals surface area contributed by atoms with E-state index in [2.05, 4.69) is 42.4 Å². The molecule has 4 fully saturated rings. The molecule has 0 saturated carbocycles. The van der Waals surface area contributed by atoms with Crippen molar-refractivity contribution in [3.63, 3.8) is 0 Å². The first-order valence-electron chi connectivity index (χ1n) is 8.81. The number of likely N-dealkylation sites (tertiary alicyclic amines) is 1. The molecule has 2 atom stereocenters. The molecule has 2 unspecified atom stereocenters. The predicted octanol–water partition coefficient (Wildman–Crippen LogP) is 2.42. The molecule has 0 spiro atoms. The Morgan fingerprint density at radius 3 is 1.85 bits per heavy atom. The SMILES string of the molecule is CC(C)N1CCC(N2CC3CCC2CN3C(C)C)CC1. The third-order valence-corrected chi connectivity index (χ3v) is 5.98. The Morgan fingerprint density at radius 1 is 0.700 bits per heavy atom. The van der Waals surface area contributed by atoms with Crippen molar-refractivity contribution in [1.82, 2.24) is 14.7 Å². The molecule has 116 valence electrons. The van der Waals surface area contributed by atoms with Crippen molar-refractivity contribution in [1.29, 1.82) is 0 Å². The van der Waals surface area contributed by atoms with Gasteiger partial charge in [-0.15, -0.1) is 0 Å². The fourth-order valence-electron chi connectivity index (χ4n) is 4.71. The molecule has 20 heavy (non-hydrogen) atoms. The van der Waals surface area contributed by atoms with E-state index in [1.54, 1.807) is 0 Å². The Balaban J connectivity index is 1.58. The highest BCUT2D eigenvalue weighted by Crippen LogP contribution is 2.34. The average molecular weight is 279 g/mol. The van der Waals surface area contributed by atoms with Gasteiger partial charge in [0.15, 0.2) is 0 Å². The summed E-state index contributed by atoms with van der Waals surface area (Å²) in [4.78, 5) is 8.30. The van der Waals surface area contributed by atoms with Crippen molar-refractivity contribution >= 4 is 0 Å². The van der Waals surface area contributed by atoms with Gasteiger partial charge in [-0.2, -0.15) is 0 Å². The Bertz CT molecular complexity index is 320. The number of hydrogen-bond acceptors (Lipinski definition) is 3. The molecule has 2 bridgehead atoms. The summed E-state index contributed by atoms with van der Waals surface area (Å²) < 4.78 is 0. The lowest BCUT2D eigenvalue weighted by Gasteiger charge is -2.56. The molecule has 0 aromatic heterocycles. The first kappa shape index (κ1) is 14.8. The van der Waals surface area contributed by atoms with Gasteiger partial charge in [0.05, 0.1) is 0 Å². The van der Waals surface area contributed by atoms with E-state index in [9.17, 15) is 0 Å². The van der Waals surface area contributed by atoms with Crippen molar-refractivity contribution in [2.75, 3.05) is 26.2 Å². The molecule has 0 radical (unpaired) electrons. The maximum Gasteiger partial charge on any atom is 0.0227 e. The van der Waals surface area contributed by atoms with Crippen LogP contribution in [0.4, 0.5) is 0 Å². The van der Waals surface area contributed by atoms with Crippen LogP contribution < -0.4 is 0 Å². The fourth-order valence-corrected chi connectivity index (χ4v) is 4.71. The van der Waals surface area contributed by atoms with Gasteiger partial charge in [0.1, 0.15) is 0 Å². The zero-order valence-electron chi connectivity index (χ0n) is 13.9. The second kappa shape index (κ2) is 5.94. The van der Waals surface area contributed by atoms with Crippen LogP contribution in [-0.4, -0.2) is 71.1 Å². The molecular weight excluding hydrogens is 246 g/mol. The summed E-state index contributed by atoms with van der Waals surface area (Å²) in [5.74, 6) is 0. The van der Waals surface area contributed by atoms with Crippen LogP contribution in [0.2, 0.25) is 0 Å². The van der Waals surface area contributed by atoms with E-state index in [1.807, 2.05) is 0 Å². The van der Waals surface area contributed by atoms with Crippen LogP contribution in [0.25, 0.3) is 0 Å². The number of nitrogens with zero attached hydrogens (tertiary/aromatic N) is 3. The molecule has 0 N–H and O–H groups in total. The number of fused-ring (bicyclic) bond motifs is 3. The van der Waals surface area contributed by atoms with Gasteiger partial charge < -0.3 is 4.90 Å². The van der Waals surface area contributed by atoms with Crippen LogP contribution in [0.15, 0.2) is 0 Å². The number of piperidine rings is 3. The highest BCUT2D eigenvalue weighted by Gasteiger charge is 2.42. The second-order valence-corrected chi connectivity index (χ2v) is 7.73. The smallest absolute Gasteiger partial charge is 0.0227 e. The van der Waals surface area contributed by atoms with E-state index in [0.717, 1.165) is 30.2 Å². The van der Waals surface area contributed by atoms with Crippen LogP contribution in [0.3, 0.4) is 0 Å². The van der Waals surface area contributed by atoms with E-state index >= 15 is 0 Å². The Morgan fingerprint density at radius 2 is 1.35 bits per heavy atom. The highest BCUT2D eigenvalue weighted by molar-refractivity contribution is 4.99. The molecule has 4 aliphatic rings. The second-order valence-electron chi connectivity index (χ2n) is 7.73. The zero-order valence-corrected chi connectivity index (χ0v) is 13.9. The quantitative estimate of drug-likeness (QED) is 0.785. The van der Waals surface area contributed by atoms with Gasteiger partial charge >= 0.3 is 0 Å². The summed E-state index contributed by atoms with van der Waals surface area (Å²) in [5, 5.41) is 0. The van der Waals surface area contributed by atoms with Gasteiger partial charge in [0, 0.05) is 43.3 Å². The van der Waals surface area contributed by atoms with Gasteiger partial charge in [-0.05, 0) is 66.5 Å². The largest absolute Gasteiger partial charge is 0.301 e. The molecule has 0 aromatic rings. The fraction of sp³-hybridized carbons (Fsp3) is 1.00. The number of hydrogen-bond donors (Lipinski definition) is 0. The van der Waals surface area contributed by atoms with Gasteiger partial charge in [0.25, 0.3) is 0 Å². The summed E-state index contributed by atoms with van der Waals surface area (Å²) in [6.07, 6.45) is 5.66. The van der Waals surface area contributed by atoms with Crippen LogP contribution in [-0.2, 0) is 0 Å². The Kier molecular flexibility index (Phi) is 4.40. The van der Waals surface area contributed by atoms with E-state index in [0.29, 0.717) is 0 Å². The topological polar surface area (TPSA) is 9.72 Å². The summed E-state index contributed by atoms with van der Waals surface area (Å²) in [6.45, 7) is 14.7. The Hall–Kier alpha value is -0.120. The standard InChI is InChI=1S/C17H33N3/c1-13(2)18-9-7-15(8-10-18)20-12-16-5-6-17(20)11-19(16)14(3)4/h13-17H,5-12H2,1-4H3. The third kappa shape index (κ3) is 2.77. The highest BCUT2D eigenvalue weighted by atomic mass is 15.3. The first-order valence-corrected chi connectivity index (χ1v) is 8.81. The molecule has 4 heterocycles. The summed E-state index contributed by atoms with van der Waals surface area (Å²) in [7, 11) is 0. The summed E-state index contributed by atoms with van der Waals surface area (Å²) >= 11 is 0. The molecular formula is C17H33N3. The summed E-state index contributed by atoms with van der Waals surface area (Å²) in [6, 6.07) is 4.01. The van der Waals surface area contributed by atoms with Crippen LogP contribution in [0, 0.1) is 0 Å². The van der Waals surface area contributed by atoms with E-state index in [-0.39, 0.29) is 0 Å². The van der Waals surface area contributed by atoms with Gasteiger partial charge in [0.2, 0.25) is 0 Å². The van der Waals surface area contributed by atoms with Crippen molar-refractivity contribution in [2.24, 2.45) is 0 Å². The third-order valence-electron chi connectivity index (χ3n) is 5.98. The maximum absolute atomic E-state index is 2.89. The molecule has 4 saturated heterocycles. The summed E-state index contributed by atoms with van der Waals surface area (Å²) in [5.41, 5.74) is 0. The maximum atomic E-state index is 2.89. The van der Waals surface area contributed by atoms with Crippen LogP contribution in [0.1, 0.15) is 53.4 Å². The average Bonchev–Trinajstić information content (AvgIpc) is 2.47. The molecule has 0 aliphatic carbocycles. The minimum atomic E-state index is 0.727. The van der Waals surface area contributed by atoms with E-state index < -0.39 is 0 Å². The normalized spacial score (nSPS) is 34.5. The lowest BCUT2D eigenvalue weighted by atomic mass is 9.86. The van der Waals surface area contributed by atoms with Crippen molar-refractivity contribution in [3.8, 4) is 0 Å². The van der Waals surface area contributed by atoms with Crippen molar-refractivity contribution in [2.45, 2.75) is 83.6 Å².